The fourth-order valence-corrected chi connectivity index (χ4v) is 3.44. The van der Waals surface area contributed by atoms with Crippen LogP contribution in [0.5, 0.6) is 0 Å². The fourth-order valence-electron chi connectivity index (χ4n) is 2.64. The second-order valence-corrected chi connectivity index (χ2v) is 6.86. The van der Waals surface area contributed by atoms with Crippen LogP contribution in [0.2, 0.25) is 0 Å². The number of aryl methyl sites for hydroxylation is 2. The molecule has 25 heavy (non-hydrogen) atoms. The van der Waals surface area contributed by atoms with Crippen molar-refractivity contribution in [2.75, 3.05) is 17.6 Å². The molecule has 0 bridgehead atoms. The van der Waals surface area contributed by atoms with Crippen molar-refractivity contribution in [2.24, 2.45) is 0 Å². The lowest BCUT2D eigenvalue weighted by molar-refractivity contribution is -0.129. The number of nitrogens with zero attached hydrogens (tertiary/aromatic N) is 1. The smallest absolute Gasteiger partial charge is 0.244 e. The lowest BCUT2D eigenvalue weighted by Crippen LogP contribution is -2.39. The van der Waals surface area contributed by atoms with Gasteiger partial charge in [-0.15, -0.1) is 11.8 Å². The normalized spacial score (nSPS) is 14.2. The molecule has 128 valence electrons. The maximum absolute atomic E-state index is 12.5. The van der Waals surface area contributed by atoms with Crippen LogP contribution in [0.4, 0.5) is 5.69 Å². The van der Waals surface area contributed by atoms with Crippen LogP contribution >= 0.6 is 11.8 Å². The van der Waals surface area contributed by atoms with Gasteiger partial charge in [-0.05, 0) is 48.1 Å². The van der Waals surface area contributed by atoms with E-state index < -0.39 is 0 Å². The number of nitrogens with one attached hydrogen (secondary N) is 1. The summed E-state index contributed by atoms with van der Waals surface area (Å²) in [5, 5.41) is 4.83. The molecule has 1 heterocycles. The highest BCUT2D eigenvalue weighted by Crippen LogP contribution is 2.28. The van der Waals surface area contributed by atoms with E-state index in [1.807, 2.05) is 67.8 Å². The Labute approximate surface area is 151 Å². The second kappa shape index (κ2) is 7.57. The van der Waals surface area contributed by atoms with Gasteiger partial charge >= 0.3 is 0 Å². The maximum Gasteiger partial charge on any atom is 0.244 e. The van der Waals surface area contributed by atoms with E-state index in [-0.39, 0.29) is 18.4 Å². The van der Waals surface area contributed by atoms with Crippen molar-refractivity contribution in [3.8, 4) is 0 Å². The lowest BCUT2D eigenvalue weighted by atomic mass is 10.1. The van der Waals surface area contributed by atoms with Crippen LogP contribution in [0.1, 0.15) is 16.7 Å². The van der Waals surface area contributed by atoms with Crippen LogP contribution < -0.4 is 5.32 Å². The van der Waals surface area contributed by atoms with Crippen molar-refractivity contribution in [1.29, 1.82) is 0 Å². The molecule has 5 heteroatoms. The van der Waals surface area contributed by atoms with Gasteiger partial charge in [0.25, 0.3) is 0 Å². The number of hydrogen-bond acceptors (Lipinski definition) is 3. The van der Waals surface area contributed by atoms with E-state index in [9.17, 15) is 9.59 Å². The first-order valence-electron chi connectivity index (χ1n) is 8.09. The number of thioether (sulfide) groups is 1. The molecule has 0 aromatic heterocycles. The molecule has 2 aromatic rings. The number of anilines is 1. The molecule has 1 N–H and O–H groups in total. The third-order valence-corrected chi connectivity index (χ3v) is 4.96. The average molecular weight is 352 g/mol. The van der Waals surface area contributed by atoms with Gasteiger partial charge in [0.05, 0.1) is 11.4 Å². The molecule has 2 aromatic carbocycles. The molecule has 1 aliphatic rings. The molecule has 0 unspecified atom stereocenters. The predicted octanol–water partition coefficient (Wildman–Crippen LogP) is 3.82. The van der Waals surface area contributed by atoms with E-state index in [4.69, 9.17) is 0 Å². The first-order valence-corrected chi connectivity index (χ1v) is 9.14. The molecule has 0 saturated heterocycles. The van der Waals surface area contributed by atoms with E-state index in [1.165, 1.54) is 17.3 Å². The standard InChI is InChI=1S/C20H20N2O2S/c1-14-8-9-17(10-15(14)2)21-19(23)11-22-18(12-25-13-20(22)24)16-6-4-3-5-7-16/h3-10,12H,11,13H2,1-2H3,(H,21,23). The number of carbonyl (C=O) groups is 2. The summed E-state index contributed by atoms with van der Waals surface area (Å²) in [6.45, 7) is 4.04. The topological polar surface area (TPSA) is 49.4 Å². The van der Waals surface area contributed by atoms with Crippen molar-refractivity contribution in [3.63, 3.8) is 0 Å². The van der Waals surface area contributed by atoms with Crippen LogP contribution in [-0.2, 0) is 9.59 Å². The van der Waals surface area contributed by atoms with Crippen LogP contribution in [0.3, 0.4) is 0 Å². The summed E-state index contributed by atoms with van der Waals surface area (Å²) in [5.74, 6) is 0.0969. The van der Waals surface area contributed by atoms with Gasteiger partial charge in [-0.25, -0.2) is 0 Å². The van der Waals surface area contributed by atoms with Gasteiger partial charge in [0, 0.05) is 5.69 Å². The molecular formula is C20H20N2O2S. The Kier molecular flexibility index (Phi) is 5.24. The summed E-state index contributed by atoms with van der Waals surface area (Å²) >= 11 is 1.46. The van der Waals surface area contributed by atoms with E-state index in [0.717, 1.165) is 22.5 Å². The molecular weight excluding hydrogens is 332 g/mol. The number of benzene rings is 2. The fraction of sp³-hybridized carbons (Fsp3) is 0.200. The minimum Gasteiger partial charge on any atom is -0.325 e. The van der Waals surface area contributed by atoms with Gasteiger partial charge < -0.3 is 10.2 Å². The summed E-state index contributed by atoms with van der Waals surface area (Å²) in [4.78, 5) is 26.4. The third-order valence-electron chi connectivity index (χ3n) is 4.16. The zero-order valence-corrected chi connectivity index (χ0v) is 15.1. The summed E-state index contributed by atoms with van der Waals surface area (Å²) in [5.41, 5.74) is 4.75. The minimum absolute atomic E-state index is 0.00699. The van der Waals surface area contributed by atoms with Crippen LogP contribution in [0.15, 0.2) is 53.9 Å². The molecule has 3 rings (SSSR count). The van der Waals surface area contributed by atoms with Gasteiger partial charge in [-0.2, -0.15) is 0 Å². The Morgan fingerprint density at radius 1 is 1.12 bits per heavy atom. The van der Waals surface area contributed by atoms with Gasteiger partial charge in [-0.1, -0.05) is 36.4 Å². The first kappa shape index (κ1) is 17.3. The Bertz CT molecular complexity index is 831. The van der Waals surface area contributed by atoms with Gasteiger partial charge in [0.2, 0.25) is 11.8 Å². The largest absolute Gasteiger partial charge is 0.325 e. The lowest BCUT2D eigenvalue weighted by Gasteiger charge is -2.28. The Morgan fingerprint density at radius 3 is 2.60 bits per heavy atom. The second-order valence-electron chi connectivity index (χ2n) is 6.01. The third kappa shape index (κ3) is 4.12. The number of rotatable bonds is 4. The number of amides is 2. The van der Waals surface area contributed by atoms with Gasteiger partial charge in [0.15, 0.2) is 0 Å². The zero-order valence-electron chi connectivity index (χ0n) is 14.3. The number of carbonyl (C=O) groups excluding carboxylic acids is 2. The van der Waals surface area contributed by atoms with E-state index in [2.05, 4.69) is 5.32 Å². The van der Waals surface area contributed by atoms with Crippen LogP contribution in [0.25, 0.3) is 5.70 Å². The first-order chi connectivity index (χ1) is 12.0. The van der Waals surface area contributed by atoms with Crippen molar-refractivity contribution >= 4 is 35.0 Å². The Morgan fingerprint density at radius 2 is 1.88 bits per heavy atom. The van der Waals surface area contributed by atoms with Crippen LogP contribution in [0, 0.1) is 13.8 Å². The highest BCUT2D eigenvalue weighted by atomic mass is 32.2. The van der Waals surface area contributed by atoms with E-state index in [0.29, 0.717) is 5.75 Å². The summed E-state index contributed by atoms with van der Waals surface area (Å²) in [6.07, 6.45) is 0. The maximum atomic E-state index is 12.5. The van der Waals surface area contributed by atoms with Crippen LogP contribution in [-0.4, -0.2) is 29.0 Å². The summed E-state index contributed by atoms with van der Waals surface area (Å²) < 4.78 is 0. The quantitative estimate of drug-likeness (QED) is 0.910. The van der Waals surface area contributed by atoms with Gasteiger partial charge in [0.1, 0.15) is 6.54 Å². The van der Waals surface area contributed by atoms with Crippen molar-refractivity contribution in [2.45, 2.75) is 13.8 Å². The number of hydrogen-bond donors (Lipinski definition) is 1. The van der Waals surface area contributed by atoms with Crippen molar-refractivity contribution in [1.82, 2.24) is 4.90 Å². The molecule has 0 radical (unpaired) electrons. The highest BCUT2D eigenvalue weighted by molar-refractivity contribution is 8.03. The van der Waals surface area contributed by atoms with Crippen molar-refractivity contribution in [3.05, 3.63) is 70.6 Å². The zero-order chi connectivity index (χ0) is 17.8. The Hall–Kier alpha value is -2.53. The average Bonchev–Trinajstić information content (AvgIpc) is 2.61. The molecule has 0 spiro atoms. The molecule has 0 atom stereocenters. The summed E-state index contributed by atoms with van der Waals surface area (Å²) in [7, 11) is 0. The highest BCUT2D eigenvalue weighted by Gasteiger charge is 2.25. The minimum atomic E-state index is -0.203. The van der Waals surface area contributed by atoms with E-state index in [1.54, 1.807) is 4.90 Å². The van der Waals surface area contributed by atoms with Gasteiger partial charge in [-0.3, -0.25) is 9.59 Å². The summed E-state index contributed by atoms with van der Waals surface area (Å²) in [6, 6.07) is 15.5. The molecule has 2 amide bonds. The molecule has 1 aliphatic heterocycles. The molecule has 4 nitrogen and oxygen atoms in total. The van der Waals surface area contributed by atoms with E-state index >= 15 is 0 Å². The predicted molar refractivity (Wildman–Crippen MR) is 103 cm³/mol. The molecule has 0 fully saturated rings. The Balaban J connectivity index is 1.75. The van der Waals surface area contributed by atoms with Crippen molar-refractivity contribution < 1.29 is 9.59 Å². The molecule has 0 aliphatic carbocycles. The monoisotopic (exact) mass is 352 g/mol. The SMILES string of the molecule is Cc1ccc(NC(=O)CN2C(=O)CSC=C2c2ccccc2)cc1C. The molecule has 0 saturated carbocycles.